The summed E-state index contributed by atoms with van der Waals surface area (Å²) in [6, 6.07) is 0. The summed E-state index contributed by atoms with van der Waals surface area (Å²) in [5.41, 5.74) is 0. The van der Waals surface area contributed by atoms with Gasteiger partial charge in [-0.05, 0) is 12.8 Å². The second-order valence-corrected chi connectivity index (χ2v) is 3.19. The number of ether oxygens (including phenoxy) is 1. The fraction of sp³-hybridized carbons (Fsp3) is 0.875. The Bertz CT molecular complexity index is 168. The summed E-state index contributed by atoms with van der Waals surface area (Å²) in [6.07, 6.45) is 0.788. The van der Waals surface area contributed by atoms with Crippen LogP contribution in [0, 0.1) is 5.92 Å². The topological polar surface area (TPSA) is 66.8 Å². The molecule has 2 N–H and O–H groups in total. The van der Waals surface area contributed by atoms with Gasteiger partial charge in [-0.1, -0.05) is 0 Å². The number of carboxylic acid groups (broad SMARTS) is 1. The van der Waals surface area contributed by atoms with E-state index in [0.29, 0.717) is 19.3 Å². The highest BCUT2D eigenvalue weighted by Gasteiger charge is 2.34. The maximum absolute atomic E-state index is 10.7. The largest absolute Gasteiger partial charge is 0.481 e. The van der Waals surface area contributed by atoms with E-state index in [9.17, 15) is 9.90 Å². The third kappa shape index (κ3) is 1.95. The highest BCUT2D eigenvalue weighted by molar-refractivity contribution is 5.70. The average molecular weight is 174 g/mol. The molecule has 0 aliphatic heterocycles. The molecule has 0 radical (unpaired) electrons. The smallest absolute Gasteiger partial charge is 0.309 e. The molecule has 4 heteroatoms. The van der Waals surface area contributed by atoms with Crippen LogP contribution in [0.3, 0.4) is 0 Å². The lowest BCUT2D eigenvalue weighted by Gasteiger charge is -2.30. The maximum atomic E-state index is 10.7. The molecule has 0 aromatic carbocycles. The summed E-state index contributed by atoms with van der Waals surface area (Å²) in [6.45, 7) is 0. The van der Waals surface area contributed by atoms with Gasteiger partial charge in [-0.2, -0.15) is 0 Å². The van der Waals surface area contributed by atoms with Gasteiger partial charge in [-0.25, -0.2) is 0 Å². The zero-order valence-corrected chi connectivity index (χ0v) is 7.06. The molecule has 0 aromatic heterocycles. The average Bonchev–Trinajstić information content (AvgIpc) is 2.03. The van der Waals surface area contributed by atoms with Crippen LogP contribution < -0.4 is 0 Å². The molecule has 0 bridgehead atoms. The van der Waals surface area contributed by atoms with Gasteiger partial charge < -0.3 is 14.9 Å². The summed E-state index contributed by atoms with van der Waals surface area (Å²) in [7, 11) is 1.48. The third-order valence-corrected chi connectivity index (χ3v) is 2.38. The lowest BCUT2D eigenvalue weighted by atomic mass is 9.85. The number of methoxy groups -OCH3 is 1. The van der Waals surface area contributed by atoms with Gasteiger partial charge in [-0.3, -0.25) is 4.79 Å². The second kappa shape index (κ2) is 3.87. The molecule has 70 valence electrons. The van der Waals surface area contributed by atoms with E-state index < -0.39 is 18.0 Å². The molecule has 0 spiro atoms. The van der Waals surface area contributed by atoms with Crippen LogP contribution >= 0.6 is 0 Å². The monoisotopic (exact) mass is 174 g/mol. The molecule has 4 nitrogen and oxygen atoms in total. The molecule has 1 saturated carbocycles. The van der Waals surface area contributed by atoms with Crippen LogP contribution in [-0.4, -0.2) is 35.5 Å². The van der Waals surface area contributed by atoms with Gasteiger partial charge in [0.1, 0.15) is 0 Å². The van der Waals surface area contributed by atoms with Crippen molar-refractivity contribution in [3.05, 3.63) is 0 Å². The number of aliphatic carboxylic acids is 1. The van der Waals surface area contributed by atoms with Gasteiger partial charge in [0.15, 0.2) is 0 Å². The number of hydrogen-bond donors (Lipinski definition) is 2. The van der Waals surface area contributed by atoms with Crippen molar-refractivity contribution in [1.29, 1.82) is 0 Å². The molecule has 1 aliphatic carbocycles. The zero-order chi connectivity index (χ0) is 9.14. The zero-order valence-electron chi connectivity index (χ0n) is 7.06. The van der Waals surface area contributed by atoms with E-state index in [1.807, 2.05) is 0 Å². The normalized spacial score (nSPS) is 36.3. The van der Waals surface area contributed by atoms with Crippen molar-refractivity contribution in [1.82, 2.24) is 0 Å². The van der Waals surface area contributed by atoms with Gasteiger partial charge in [0.05, 0.1) is 18.1 Å². The van der Waals surface area contributed by atoms with Crippen molar-refractivity contribution in [2.24, 2.45) is 5.92 Å². The maximum Gasteiger partial charge on any atom is 0.309 e. The first-order valence-corrected chi connectivity index (χ1v) is 4.08. The SMILES string of the molecule is CO[C@@H]1C[C@@H](O)CC[C@H]1C(=O)O. The Hall–Kier alpha value is -0.610. The molecule has 0 unspecified atom stereocenters. The van der Waals surface area contributed by atoms with E-state index in [-0.39, 0.29) is 6.10 Å². The van der Waals surface area contributed by atoms with Crippen molar-refractivity contribution in [3.8, 4) is 0 Å². The van der Waals surface area contributed by atoms with Crippen LogP contribution in [0.1, 0.15) is 19.3 Å². The molecule has 0 aromatic rings. The number of aliphatic hydroxyl groups excluding tert-OH is 1. The van der Waals surface area contributed by atoms with E-state index in [4.69, 9.17) is 9.84 Å². The first kappa shape index (κ1) is 9.48. The summed E-state index contributed by atoms with van der Waals surface area (Å²) in [5.74, 6) is -1.27. The fourth-order valence-corrected chi connectivity index (χ4v) is 1.65. The molecule has 3 atom stereocenters. The van der Waals surface area contributed by atoms with Gasteiger partial charge >= 0.3 is 5.97 Å². The van der Waals surface area contributed by atoms with Gasteiger partial charge in [0.2, 0.25) is 0 Å². The lowest BCUT2D eigenvalue weighted by Crippen LogP contribution is -2.37. The van der Waals surface area contributed by atoms with Crippen molar-refractivity contribution in [2.75, 3.05) is 7.11 Å². The summed E-state index contributed by atoms with van der Waals surface area (Å²) in [5, 5.41) is 18.0. The summed E-state index contributed by atoms with van der Waals surface area (Å²) in [4.78, 5) is 10.7. The molecule has 1 aliphatic rings. The standard InChI is InChI=1S/C8H14O4/c1-12-7-4-5(9)2-3-6(7)8(10)11/h5-7,9H,2-4H2,1H3,(H,10,11)/t5-,6+,7+/m0/s1. The molecule has 0 saturated heterocycles. The van der Waals surface area contributed by atoms with Crippen molar-refractivity contribution >= 4 is 5.97 Å². The van der Waals surface area contributed by atoms with E-state index in [1.165, 1.54) is 7.11 Å². The van der Waals surface area contributed by atoms with Crippen LogP contribution in [-0.2, 0) is 9.53 Å². The molecule has 1 rings (SSSR count). The van der Waals surface area contributed by atoms with E-state index >= 15 is 0 Å². The van der Waals surface area contributed by atoms with Crippen LogP contribution in [0.4, 0.5) is 0 Å². The molecule has 0 heterocycles. The van der Waals surface area contributed by atoms with Gasteiger partial charge in [-0.15, -0.1) is 0 Å². The molecule has 1 fully saturated rings. The number of carbonyl (C=O) groups is 1. The van der Waals surface area contributed by atoms with Crippen LogP contribution in [0.15, 0.2) is 0 Å². The number of hydrogen-bond acceptors (Lipinski definition) is 3. The van der Waals surface area contributed by atoms with Crippen molar-refractivity contribution in [3.63, 3.8) is 0 Å². The van der Waals surface area contributed by atoms with E-state index in [2.05, 4.69) is 0 Å². The van der Waals surface area contributed by atoms with Crippen LogP contribution in [0.2, 0.25) is 0 Å². The van der Waals surface area contributed by atoms with E-state index in [0.717, 1.165) is 0 Å². The first-order chi connectivity index (χ1) is 5.65. The van der Waals surface area contributed by atoms with Gasteiger partial charge in [0, 0.05) is 13.5 Å². The minimum Gasteiger partial charge on any atom is -0.481 e. The fourth-order valence-electron chi connectivity index (χ4n) is 1.65. The Morgan fingerprint density at radius 2 is 2.17 bits per heavy atom. The molecule has 0 amide bonds. The third-order valence-electron chi connectivity index (χ3n) is 2.38. The number of aliphatic hydroxyl groups is 1. The van der Waals surface area contributed by atoms with E-state index in [1.54, 1.807) is 0 Å². The minimum atomic E-state index is -0.825. The van der Waals surface area contributed by atoms with Crippen LogP contribution in [0.25, 0.3) is 0 Å². The molecular weight excluding hydrogens is 160 g/mol. The first-order valence-electron chi connectivity index (χ1n) is 4.08. The van der Waals surface area contributed by atoms with Gasteiger partial charge in [0.25, 0.3) is 0 Å². The Balaban J connectivity index is 2.56. The highest BCUT2D eigenvalue weighted by Crippen LogP contribution is 2.26. The Morgan fingerprint density at radius 3 is 2.67 bits per heavy atom. The second-order valence-electron chi connectivity index (χ2n) is 3.19. The summed E-state index contributed by atoms with van der Waals surface area (Å²) >= 11 is 0. The minimum absolute atomic E-state index is 0.328. The predicted octanol–water partition coefficient (Wildman–Crippen LogP) is 0.247. The van der Waals surface area contributed by atoms with Crippen LogP contribution in [0.5, 0.6) is 0 Å². The Kier molecular flexibility index (Phi) is 3.05. The highest BCUT2D eigenvalue weighted by atomic mass is 16.5. The Labute approximate surface area is 71.2 Å². The predicted molar refractivity (Wildman–Crippen MR) is 41.8 cm³/mol. The number of rotatable bonds is 2. The van der Waals surface area contributed by atoms with Crippen molar-refractivity contribution in [2.45, 2.75) is 31.5 Å². The lowest BCUT2D eigenvalue weighted by molar-refractivity contribution is -0.150. The quantitative estimate of drug-likeness (QED) is 0.629. The Morgan fingerprint density at radius 1 is 1.50 bits per heavy atom. The molecular formula is C8H14O4. The molecule has 12 heavy (non-hydrogen) atoms. The summed E-state index contributed by atoms with van der Waals surface area (Å²) < 4.78 is 4.99. The number of carboxylic acids is 1. The van der Waals surface area contributed by atoms with Crippen molar-refractivity contribution < 1.29 is 19.7 Å².